The summed E-state index contributed by atoms with van der Waals surface area (Å²) in [4.78, 5) is 52.5. The Hall–Kier alpha value is -3.59. The third-order valence-corrected chi connectivity index (χ3v) is 6.39. The molecule has 2 aliphatic heterocycles. The van der Waals surface area contributed by atoms with Crippen LogP contribution < -0.4 is 16.8 Å². The number of fused-ring (bicyclic) bond motifs is 1. The maximum Gasteiger partial charge on any atom is 0.404 e. The quantitative estimate of drug-likeness (QED) is 0.107. The van der Waals surface area contributed by atoms with Crippen LogP contribution >= 0.6 is 23.1 Å². The van der Waals surface area contributed by atoms with Crippen molar-refractivity contribution in [1.29, 1.82) is 0 Å². The fourth-order valence-electron chi connectivity index (χ4n) is 3.04. The number of carbonyl (C=O) groups is 4. The Balaban J connectivity index is 1.70. The Morgan fingerprint density at radius 2 is 2.19 bits per heavy atom. The number of β-lactam (4-membered cyclic amide) rings is 1. The summed E-state index contributed by atoms with van der Waals surface area (Å²) in [5.41, 5.74) is 10.2. The minimum atomic E-state index is -1.29. The van der Waals surface area contributed by atoms with Crippen LogP contribution in [0.15, 0.2) is 34.0 Å². The molecule has 2 aliphatic rings. The van der Waals surface area contributed by atoms with Crippen molar-refractivity contribution in [2.75, 3.05) is 18.1 Å². The first-order valence-electron chi connectivity index (χ1n) is 8.98. The van der Waals surface area contributed by atoms with Gasteiger partial charge in [-0.25, -0.2) is 14.6 Å². The van der Waals surface area contributed by atoms with E-state index in [1.54, 1.807) is 12.2 Å². The molecule has 1 saturated heterocycles. The van der Waals surface area contributed by atoms with Crippen LogP contribution in [0.1, 0.15) is 12.1 Å². The van der Waals surface area contributed by atoms with Gasteiger partial charge in [-0.05, 0) is 12.0 Å². The lowest BCUT2D eigenvalue weighted by molar-refractivity contribution is -0.150. The number of nitrogens with zero attached hydrogens (tertiary/aromatic N) is 3. The first kappa shape index (κ1) is 23.1. The molecule has 15 heteroatoms. The number of amides is 3. The third-order valence-electron chi connectivity index (χ3n) is 4.41. The van der Waals surface area contributed by atoms with Gasteiger partial charge in [0.25, 0.3) is 11.8 Å². The lowest BCUT2D eigenvalue weighted by Gasteiger charge is -2.49. The SMILES string of the molecule is NC(=O)OCC/C=C\C1=C(C(=O)O)N2C(=O)[C@@H](NC(=O)C(=NO)c3csc(N)n3)[C@H]2SC1. The molecular formula is C17H18N6O7S2. The van der Waals surface area contributed by atoms with Crippen LogP contribution in [0.2, 0.25) is 0 Å². The maximum absolute atomic E-state index is 12.7. The molecule has 3 heterocycles. The van der Waals surface area contributed by atoms with Gasteiger partial charge in [0.15, 0.2) is 10.8 Å². The lowest BCUT2D eigenvalue weighted by Crippen LogP contribution is -2.71. The molecule has 0 bridgehead atoms. The molecular weight excluding hydrogens is 464 g/mol. The predicted octanol–water partition coefficient (Wildman–Crippen LogP) is -0.316. The smallest absolute Gasteiger partial charge is 0.404 e. The van der Waals surface area contributed by atoms with E-state index in [9.17, 15) is 29.5 Å². The van der Waals surface area contributed by atoms with Crippen LogP contribution in [0.4, 0.5) is 9.93 Å². The van der Waals surface area contributed by atoms with Crippen molar-refractivity contribution in [2.24, 2.45) is 10.9 Å². The number of allylic oxidation sites excluding steroid dienone is 1. The summed E-state index contributed by atoms with van der Waals surface area (Å²) in [5.74, 6) is -2.50. The number of anilines is 1. The zero-order valence-electron chi connectivity index (χ0n) is 16.3. The molecule has 0 aliphatic carbocycles. The minimum absolute atomic E-state index is 0.0351. The number of ether oxygens (including phenoxy) is 1. The van der Waals surface area contributed by atoms with E-state index >= 15 is 0 Å². The standard InChI is InChI=1S/C17H18N6O7S2/c18-16-20-8(6-32-16)9(22-29)12(24)21-10-13(25)23-11(15(26)27)7(5-31-14(10)23)3-1-2-4-30-17(19)28/h1,3,6,10,14,29H,2,4-5H2,(H2,18,20)(H2,19,28)(H,21,24)(H,26,27)/b3-1-,22-9?/t10-,14-/m1/s1. The Morgan fingerprint density at radius 3 is 2.78 bits per heavy atom. The molecule has 32 heavy (non-hydrogen) atoms. The van der Waals surface area contributed by atoms with E-state index in [1.165, 1.54) is 17.1 Å². The number of nitrogens with two attached hydrogens (primary N) is 2. The van der Waals surface area contributed by atoms with Crippen molar-refractivity contribution in [1.82, 2.24) is 15.2 Å². The van der Waals surface area contributed by atoms with Crippen molar-refractivity contribution >= 4 is 57.8 Å². The molecule has 13 nitrogen and oxygen atoms in total. The number of aliphatic carboxylic acids is 1. The van der Waals surface area contributed by atoms with Crippen LogP contribution in [0.25, 0.3) is 0 Å². The average molecular weight is 483 g/mol. The van der Waals surface area contributed by atoms with E-state index < -0.39 is 41.0 Å². The Labute approximate surface area is 188 Å². The van der Waals surface area contributed by atoms with Crippen LogP contribution in [0, 0.1) is 0 Å². The molecule has 0 unspecified atom stereocenters. The van der Waals surface area contributed by atoms with Crippen LogP contribution in [-0.4, -0.2) is 73.6 Å². The van der Waals surface area contributed by atoms with Gasteiger partial charge >= 0.3 is 12.1 Å². The largest absolute Gasteiger partial charge is 0.477 e. The average Bonchev–Trinajstić information content (AvgIpc) is 3.17. The topological polar surface area (TPSA) is 211 Å². The number of rotatable bonds is 8. The van der Waals surface area contributed by atoms with Gasteiger partial charge in [0.05, 0.1) is 6.61 Å². The molecule has 0 radical (unpaired) electrons. The first-order chi connectivity index (χ1) is 15.2. The third kappa shape index (κ3) is 4.67. The van der Waals surface area contributed by atoms with E-state index in [4.69, 9.17) is 11.5 Å². The Morgan fingerprint density at radius 1 is 1.44 bits per heavy atom. The van der Waals surface area contributed by atoms with E-state index in [0.29, 0.717) is 12.0 Å². The number of hydrogen-bond donors (Lipinski definition) is 5. The van der Waals surface area contributed by atoms with Crippen LogP contribution in [0.3, 0.4) is 0 Å². The number of nitrogen functional groups attached to an aromatic ring is 1. The van der Waals surface area contributed by atoms with Gasteiger partial charge in [-0.3, -0.25) is 14.5 Å². The van der Waals surface area contributed by atoms with E-state index in [2.05, 4.69) is 20.2 Å². The fourth-order valence-corrected chi connectivity index (χ4v) is 4.91. The molecule has 1 aromatic heterocycles. The summed E-state index contributed by atoms with van der Waals surface area (Å²) in [6.07, 6.45) is 2.55. The summed E-state index contributed by atoms with van der Waals surface area (Å²) in [7, 11) is 0. The normalized spacial score (nSPS) is 20.7. The molecule has 1 fully saturated rings. The molecule has 1 aromatic rings. The van der Waals surface area contributed by atoms with Crippen molar-refractivity contribution in [2.45, 2.75) is 17.8 Å². The summed E-state index contributed by atoms with van der Waals surface area (Å²) in [6.45, 7) is 0.0351. The number of thioether (sulfide) groups is 1. The highest BCUT2D eigenvalue weighted by Crippen LogP contribution is 2.40. The van der Waals surface area contributed by atoms with E-state index in [0.717, 1.165) is 16.2 Å². The molecule has 0 saturated carbocycles. The first-order valence-corrected chi connectivity index (χ1v) is 10.9. The molecule has 0 spiro atoms. The number of nitrogens with one attached hydrogen (secondary N) is 1. The predicted molar refractivity (Wildman–Crippen MR) is 114 cm³/mol. The van der Waals surface area contributed by atoms with E-state index in [1.807, 2.05) is 0 Å². The number of oxime groups is 1. The van der Waals surface area contributed by atoms with Gasteiger partial charge in [-0.15, -0.1) is 23.1 Å². The van der Waals surface area contributed by atoms with E-state index in [-0.39, 0.29) is 28.9 Å². The van der Waals surface area contributed by atoms with Crippen molar-refractivity contribution in [3.8, 4) is 0 Å². The monoisotopic (exact) mass is 482 g/mol. The number of hydrogen-bond acceptors (Lipinski definition) is 11. The van der Waals surface area contributed by atoms with Crippen molar-refractivity contribution in [3.63, 3.8) is 0 Å². The second kappa shape index (κ2) is 9.69. The van der Waals surface area contributed by atoms with Crippen LogP contribution in [-0.2, 0) is 19.1 Å². The highest BCUT2D eigenvalue weighted by Gasteiger charge is 2.54. The summed E-state index contributed by atoms with van der Waals surface area (Å²) < 4.78 is 4.59. The van der Waals surface area contributed by atoms with Gasteiger partial charge < -0.3 is 31.8 Å². The number of aromatic nitrogens is 1. The molecule has 170 valence electrons. The van der Waals surface area contributed by atoms with Gasteiger partial charge in [0, 0.05) is 11.1 Å². The summed E-state index contributed by atoms with van der Waals surface area (Å²) in [6, 6.07) is -1.01. The van der Waals surface area contributed by atoms with Crippen molar-refractivity contribution in [3.05, 3.63) is 34.5 Å². The Kier molecular flexibility index (Phi) is 6.99. The number of carboxylic acid groups (broad SMARTS) is 1. The summed E-state index contributed by atoms with van der Waals surface area (Å²) >= 11 is 2.30. The number of carboxylic acids is 1. The molecule has 7 N–H and O–H groups in total. The molecule has 2 atom stereocenters. The van der Waals surface area contributed by atoms with Gasteiger partial charge in [-0.2, -0.15) is 0 Å². The fraction of sp³-hybridized carbons (Fsp3) is 0.294. The van der Waals surface area contributed by atoms with Crippen molar-refractivity contribution < 1.29 is 34.2 Å². The second-order valence-electron chi connectivity index (χ2n) is 6.42. The molecule has 0 aromatic carbocycles. The zero-order chi connectivity index (χ0) is 23.4. The zero-order valence-corrected chi connectivity index (χ0v) is 17.9. The minimum Gasteiger partial charge on any atom is -0.477 e. The van der Waals surface area contributed by atoms with Gasteiger partial charge in [0.2, 0.25) is 0 Å². The Bertz CT molecular complexity index is 1050. The van der Waals surface area contributed by atoms with Gasteiger partial charge in [0.1, 0.15) is 22.8 Å². The maximum atomic E-state index is 12.7. The van der Waals surface area contributed by atoms with Gasteiger partial charge in [-0.1, -0.05) is 17.3 Å². The lowest BCUT2D eigenvalue weighted by atomic mass is 10.0. The second-order valence-corrected chi connectivity index (χ2v) is 8.41. The summed E-state index contributed by atoms with van der Waals surface area (Å²) in [5, 5.41) is 25.2. The highest BCUT2D eigenvalue weighted by molar-refractivity contribution is 8.00. The van der Waals surface area contributed by atoms with Crippen LogP contribution in [0.5, 0.6) is 0 Å². The number of thiazole rings is 1. The molecule has 3 amide bonds. The molecule has 3 rings (SSSR count). The number of carbonyl (C=O) groups excluding carboxylic acids is 3. The highest BCUT2D eigenvalue weighted by atomic mass is 32.2. The number of primary amides is 1.